The van der Waals surface area contributed by atoms with Crippen molar-refractivity contribution in [3.8, 4) is 0 Å². The zero-order valence-corrected chi connectivity index (χ0v) is 13.9. The Labute approximate surface area is 125 Å². The molecule has 0 fully saturated rings. The van der Waals surface area contributed by atoms with Crippen LogP contribution in [-0.2, 0) is 11.3 Å². The first-order valence-electron chi connectivity index (χ1n) is 6.64. The molecule has 0 unspecified atom stereocenters. The van der Waals surface area contributed by atoms with Gasteiger partial charge in [0.1, 0.15) is 6.33 Å². The normalized spacial score (nSPS) is 13.6. The average Bonchev–Trinajstić information content (AvgIpc) is 2.85. The first-order valence-corrected chi connectivity index (χ1v) is 7.87. The van der Waals surface area contributed by atoms with Gasteiger partial charge in [0.25, 0.3) is 0 Å². The maximum Gasteiger partial charge on any atom is 0.241 e. The van der Waals surface area contributed by atoms with E-state index in [0.29, 0.717) is 6.54 Å². The third-order valence-corrected chi connectivity index (χ3v) is 4.81. The number of nitrogens with zero attached hydrogens (tertiary/aromatic N) is 4. The predicted molar refractivity (Wildman–Crippen MR) is 82.5 cm³/mol. The van der Waals surface area contributed by atoms with Crippen molar-refractivity contribution in [2.24, 2.45) is 5.73 Å². The Balaban J connectivity index is 2.78. The lowest BCUT2D eigenvalue weighted by Gasteiger charge is -2.31. The summed E-state index contributed by atoms with van der Waals surface area (Å²) in [6.45, 7) is 8.47. The number of carbonyl (C=O) groups is 1. The molecule has 1 aromatic heterocycles. The summed E-state index contributed by atoms with van der Waals surface area (Å²) >= 11 is 1.59. The fourth-order valence-electron chi connectivity index (χ4n) is 1.76. The molecule has 1 amide bonds. The molecule has 1 aromatic rings. The van der Waals surface area contributed by atoms with E-state index in [2.05, 4.69) is 24.0 Å². The molecule has 1 atom stereocenters. The Bertz CT molecular complexity index is 457. The number of aromatic nitrogens is 3. The molecule has 1 rings (SSSR count). The summed E-state index contributed by atoms with van der Waals surface area (Å²) in [4.78, 5) is 14.0. The molecule has 6 nitrogen and oxygen atoms in total. The molecule has 0 bridgehead atoms. The van der Waals surface area contributed by atoms with Crippen LogP contribution in [0.15, 0.2) is 6.33 Å². The minimum Gasteiger partial charge on any atom is -0.337 e. The van der Waals surface area contributed by atoms with E-state index in [1.807, 2.05) is 24.7 Å². The first-order chi connectivity index (χ1) is 9.20. The number of rotatable bonds is 6. The lowest BCUT2D eigenvalue weighted by Crippen LogP contribution is -2.52. The van der Waals surface area contributed by atoms with Gasteiger partial charge < -0.3 is 15.2 Å². The summed E-state index contributed by atoms with van der Waals surface area (Å²) in [7, 11) is 1.75. The van der Waals surface area contributed by atoms with Gasteiger partial charge in [-0.15, -0.1) is 10.2 Å². The van der Waals surface area contributed by atoms with E-state index < -0.39 is 6.04 Å². The molecular weight excluding hydrogens is 274 g/mol. The predicted octanol–water partition coefficient (Wildman–Crippen LogP) is 1.29. The Morgan fingerprint density at radius 2 is 2.15 bits per heavy atom. The van der Waals surface area contributed by atoms with Gasteiger partial charge in [-0.3, -0.25) is 4.79 Å². The van der Waals surface area contributed by atoms with Crippen molar-refractivity contribution in [3.05, 3.63) is 12.2 Å². The Kier molecular flexibility index (Phi) is 5.59. The summed E-state index contributed by atoms with van der Waals surface area (Å²) < 4.78 is 1.66. The number of thioether (sulfide) groups is 1. The Morgan fingerprint density at radius 3 is 2.65 bits per heavy atom. The molecule has 2 N–H and O–H groups in total. The number of amides is 1. The van der Waals surface area contributed by atoms with Gasteiger partial charge in [0, 0.05) is 17.8 Å². The highest BCUT2D eigenvalue weighted by Gasteiger charge is 2.33. The summed E-state index contributed by atoms with van der Waals surface area (Å²) in [5.41, 5.74) is 6.08. The molecule has 0 saturated carbocycles. The number of carbonyl (C=O) groups excluding carboxylic acids is 1. The van der Waals surface area contributed by atoms with Gasteiger partial charge in [0.05, 0.1) is 12.6 Å². The summed E-state index contributed by atoms with van der Waals surface area (Å²) in [6.07, 6.45) is 3.65. The zero-order valence-electron chi connectivity index (χ0n) is 13.1. The van der Waals surface area contributed by atoms with Crippen LogP contribution in [0.3, 0.4) is 0 Å². The van der Waals surface area contributed by atoms with Crippen LogP contribution in [-0.4, -0.2) is 49.7 Å². The third-order valence-electron chi connectivity index (χ3n) is 3.50. The van der Waals surface area contributed by atoms with E-state index in [4.69, 9.17) is 5.73 Å². The molecule has 0 spiro atoms. The monoisotopic (exact) mass is 299 g/mol. The second kappa shape index (κ2) is 6.58. The van der Waals surface area contributed by atoms with E-state index in [1.165, 1.54) is 0 Å². The lowest BCUT2D eigenvalue weighted by molar-refractivity contribution is -0.132. The topological polar surface area (TPSA) is 77.0 Å². The Morgan fingerprint density at radius 1 is 1.55 bits per heavy atom. The van der Waals surface area contributed by atoms with Gasteiger partial charge in [-0.05, 0) is 34.0 Å². The number of hydrogen-bond acceptors (Lipinski definition) is 5. The highest BCUT2D eigenvalue weighted by Crippen LogP contribution is 2.25. The number of likely N-dealkylation sites (N-methyl/N-ethyl adjacent to an activating group) is 1. The van der Waals surface area contributed by atoms with E-state index >= 15 is 0 Å². The number of hydrogen-bond donors (Lipinski definition) is 1. The minimum atomic E-state index is -0.544. The van der Waals surface area contributed by atoms with Crippen LogP contribution in [0.1, 0.15) is 39.6 Å². The molecule has 114 valence electrons. The molecule has 7 heteroatoms. The lowest BCUT2D eigenvalue weighted by atomic mass is 10.0. The van der Waals surface area contributed by atoms with Gasteiger partial charge in [-0.25, -0.2) is 0 Å². The van der Waals surface area contributed by atoms with Crippen LogP contribution in [0, 0.1) is 0 Å². The second-order valence-corrected chi connectivity index (χ2v) is 7.19. The molecule has 0 aliphatic heterocycles. The first kappa shape index (κ1) is 17.0. The van der Waals surface area contributed by atoms with Crippen LogP contribution < -0.4 is 5.73 Å². The smallest absolute Gasteiger partial charge is 0.241 e. The molecule has 1 heterocycles. The van der Waals surface area contributed by atoms with Crippen molar-refractivity contribution >= 4 is 17.7 Å². The van der Waals surface area contributed by atoms with E-state index in [1.54, 1.807) is 30.0 Å². The van der Waals surface area contributed by atoms with Gasteiger partial charge in [0.2, 0.25) is 5.91 Å². The zero-order chi connectivity index (χ0) is 15.5. The van der Waals surface area contributed by atoms with Gasteiger partial charge in [-0.1, -0.05) is 0 Å². The highest BCUT2D eigenvalue weighted by atomic mass is 32.2. The van der Waals surface area contributed by atoms with Crippen molar-refractivity contribution in [3.63, 3.8) is 0 Å². The van der Waals surface area contributed by atoms with E-state index in [0.717, 1.165) is 5.82 Å². The summed E-state index contributed by atoms with van der Waals surface area (Å²) in [6, 6.07) is -0.280. The Hall–Kier alpha value is -1.08. The van der Waals surface area contributed by atoms with Crippen molar-refractivity contribution in [1.29, 1.82) is 0 Å². The van der Waals surface area contributed by atoms with Crippen molar-refractivity contribution in [2.75, 3.05) is 13.3 Å². The molecular formula is C13H25N5OS. The van der Waals surface area contributed by atoms with Crippen LogP contribution in [0.4, 0.5) is 0 Å². The molecule has 0 aromatic carbocycles. The molecule has 0 saturated heterocycles. The maximum atomic E-state index is 12.4. The SMILES string of the molecule is CSC(C)(C)[C@H](N)C(=O)N(C)Cc1nncn1C(C)C. The fraction of sp³-hybridized carbons (Fsp3) is 0.769. The quantitative estimate of drug-likeness (QED) is 0.856. The average molecular weight is 299 g/mol. The molecule has 0 aliphatic rings. The largest absolute Gasteiger partial charge is 0.337 e. The van der Waals surface area contributed by atoms with Crippen LogP contribution >= 0.6 is 11.8 Å². The highest BCUT2D eigenvalue weighted by molar-refractivity contribution is 8.00. The van der Waals surface area contributed by atoms with Crippen molar-refractivity contribution in [2.45, 2.75) is 51.1 Å². The molecule has 0 radical (unpaired) electrons. The number of nitrogens with two attached hydrogens (primary N) is 1. The van der Waals surface area contributed by atoms with Crippen LogP contribution in [0.25, 0.3) is 0 Å². The fourth-order valence-corrected chi connectivity index (χ4v) is 2.12. The van der Waals surface area contributed by atoms with Gasteiger partial charge in [0.15, 0.2) is 5.82 Å². The maximum absolute atomic E-state index is 12.4. The summed E-state index contributed by atoms with van der Waals surface area (Å²) in [5, 5.41) is 7.98. The van der Waals surface area contributed by atoms with Crippen molar-refractivity contribution < 1.29 is 4.79 Å². The van der Waals surface area contributed by atoms with Crippen LogP contribution in [0.5, 0.6) is 0 Å². The van der Waals surface area contributed by atoms with Crippen molar-refractivity contribution in [1.82, 2.24) is 19.7 Å². The minimum absolute atomic E-state index is 0.0809. The standard InChI is InChI=1S/C13H25N5OS/c1-9(2)18-8-15-16-10(18)7-17(5)12(19)11(14)13(3,4)20-6/h8-9,11H,7,14H2,1-6H3/t11-/m1/s1. The molecule has 0 aliphatic carbocycles. The van der Waals surface area contributed by atoms with Crippen LogP contribution in [0.2, 0.25) is 0 Å². The van der Waals surface area contributed by atoms with E-state index in [9.17, 15) is 4.79 Å². The van der Waals surface area contributed by atoms with E-state index in [-0.39, 0.29) is 16.7 Å². The summed E-state index contributed by atoms with van der Waals surface area (Å²) in [5.74, 6) is 0.688. The second-order valence-electron chi connectivity index (χ2n) is 5.73. The van der Waals surface area contributed by atoms with Gasteiger partial charge in [-0.2, -0.15) is 11.8 Å². The third kappa shape index (κ3) is 3.73. The molecule has 20 heavy (non-hydrogen) atoms. The van der Waals surface area contributed by atoms with Gasteiger partial charge >= 0.3 is 0 Å².